The summed E-state index contributed by atoms with van der Waals surface area (Å²) in [6, 6.07) is 7.97. The second-order valence-corrected chi connectivity index (χ2v) is 6.36. The van der Waals surface area contributed by atoms with Crippen molar-refractivity contribution in [1.29, 1.82) is 0 Å². The average molecular weight is 291 g/mol. The summed E-state index contributed by atoms with van der Waals surface area (Å²) >= 11 is 7.67. The van der Waals surface area contributed by atoms with Crippen LogP contribution in [0.25, 0.3) is 0 Å². The standard InChI is InChI=1S/C16H15ClOS/c1-10-9-19-16(14(10)17)15(18)13-8-3-2-7-12(13)11-5-4-6-11/h2-3,7-9,11H,4-6H2,1H3. The molecule has 1 nitrogen and oxygen atoms in total. The molecule has 2 aromatic rings. The Morgan fingerprint density at radius 3 is 2.63 bits per heavy atom. The van der Waals surface area contributed by atoms with Gasteiger partial charge in [-0.2, -0.15) is 0 Å². The smallest absolute Gasteiger partial charge is 0.204 e. The molecule has 1 fully saturated rings. The molecular weight excluding hydrogens is 276 g/mol. The van der Waals surface area contributed by atoms with Crippen LogP contribution in [-0.4, -0.2) is 5.78 Å². The molecule has 98 valence electrons. The Hall–Kier alpha value is -1.12. The monoisotopic (exact) mass is 290 g/mol. The number of carbonyl (C=O) groups excluding carboxylic acids is 1. The van der Waals surface area contributed by atoms with E-state index in [0.29, 0.717) is 15.8 Å². The summed E-state index contributed by atoms with van der Waals surface area (Å²) < 4.78 is 0. The van der Waals surface area contributed by atoms with E-state index in [9.17, 15) is 4.79 Å². The third kappa shape index (κ3) is 2.24. The van der Waals surface area contributed by atoms with Crippen LogP contribution >= 0.6 is 22.9 Å². The predicted octanol–water partition coefficient (Wildman–Crippen LogP) is 5.21. The van der Waals surface area contributed by atoms with Crippen LogP contribution in [0.15, 0.2) is 29.6 Å². The molecule has 0 radical (unpaired) electrons. The molecule has 0 aliphatic heterocycles. The molecule has 0 unspecified atom stereocenters. The van der Waals surface area contributed by atoms with Crippen molar-refractivity contribution in [2.75, 3.05) is 0 Å². The van der Waals surface area contributed by atoms with Gasteiger partial charge in [0.1, 0.15) is 0 Å². The first-order valence-electron chi connectivity index (χ1n) is 6.55. The Labute approximate surface area is 122 Å². The summed E-state index contributed by atoms with van der Waals surface area (Å²) in [6.07, 6.45) is 3.66. The molecule has 0 amide bonds. The van der Waals surface area contributed by atoms with E-state index < -0.39 is 0 Å². The van der Waals surface area contributed by atoms with Crippen molar-refractivity contribution in [3.8, 4) is 0 Å². The van der Waals surface area contributed by atoms with E-state index in [1.807, 2.05) is 30.5 Å². The lowest BCUT2D eigenvalue weighted by Crippen LogP contribution is -2.14. The summed E-state index contributed by atoms with van der Waals surface area (Å²) in [5.41, 5.74) is 3.01. The van der Waals surface area contributed by atoms with E-state index in [-0.39, 0.29) is 5.78 Å². The molecule has 0 N–H and O–H groups in total. The first-order chi connectivity index (χ1) is 9.18. The van der Waals surface area contributed by atoms with E-state index in [4.69, 9.17) is 11.6 Å². The maximum absolute atomic E-state index is 12.7. The molecule has 3 rings (SSSR count). The van der Waals surface area contributed by atoms with Crippen LogP contribution in [0.4, 0.5) is 0 Å². The molecule has 0 bridgehead atoms. The fourth-order valence-electron chi connectivity index (χ4n) is 2.48. The van der Waals surface area contributed by atoms with Gasteiger partial charge in [0, 0.05) is 5.56 Å². The van der Waals surface area contributed by atoms with Crippen LogP contribution in [0.2, 0.25) is 5.02 Å². The second kappa shape index (κ2) is 5.10. The number of thiophene rings is 1. The Morgan fingerprint density at radius 1 is 1.32 bits per heavy atom. The number of benzene rings is 1. The fraction of sp³-hybridized carbons (Fsp3) is 0.312. The average Bonchev–Trinajstić information content (AvgIpc) is 2.68. The van der Waals surface area contributed by atoms with Crippen molar-refractivity contribution in [2.45, 2.75) is 32.1 Å². The minimum atomic E-state index is 0.0746. The molecule has 1 heterocycles. The van der Waals surface area contributed by atoms with Crippen LogP contribution in [-0.2, 0) is 0 Å². The Kier molecular flexibility index (Phi) is 3.46. The van der Waals surface area contributed by atoms with Crippen molar-refractivity contribution in [2.24, 2.45) is 0 Å². The highest BCUT2D eigenvalue weighted by atomic mass is 35.5. The third-order valence-electron chi connectivity index (χ3n) is 3.86. The van der Waals surface area contributed by atoms with Crippen LogP contribution in [0, 0.1) is 6.92 Å². The van der Waals surface area contributed by atoms with Crippen LogP contribution in [0.3, 0.4) is 0 Å². The lowest BCUT2D eigenvalue weighted by molar-refractivity contribution is 0.104. The maximum atomic E-state index is 12.7. The molecule has 1 aliphatic rings. The molecule has 0 saturated heterocycles. The maximum Gasteiger partial charge on any atom is 0.204 e. The summed E-state index contributed by atoms with van der Waals surface area (Å²) in [5.74, 6) is 0.630. The van der Waals surface area contributed by atoms with Crippen LogP contribution < -0.4 is 0 Å². The van der Waals surface area contributed by atoms with Crippen molar-refractivity contribution in [3.05, 3.63) is 56.2 Å². The zero-order valence-electron chi connectivity index (χ0n) is 10.8. The highest BCUT2D eigenvalue weighted by Crippen LogP contribution is 2.39. The quantitative estimate of drug-likeness (QED) is 0.709. The highest BCUT2D eigenvalue weighted by Gasteiger charge is 2.26. The fourth-order valence-corrected chi connectivity index (χ4v) is 3.72. The summed E-state index contributed by atoms with van der Waals surface area (Å²) in [6.45, 7) is 1.94. The summed E-state index contributed by atoms with van der Waals surface area (Å²) in [7, 11) is 0. The number of hydrogen-bond acceptors (Lipinski definition) is 2. The van der Waals surface area contributed by atoms with Crippen LogP contribution in [0.1, 0.15) is 51.5 Å². The molecule has 0 atom stereocenters. The molecular formula is C16H15ClOS. The van der Waals surface area contributed by atoms with Crippen molar-refractivity contribution < 1.29 is 4.79 Å². The molecule has 3 heteroatoms. The molecule has 1 aromatic carbocycles. The SMILES string of the molecule is Cc1csc(C(=O)c2ccccc2C2CCC2)c1Cl. The predicted molar refractivity (Wildman–Crippen MR) is 80.5 cm³/mol. The van der Waals surface area contributed by atoms with E-state index in [1.165, 1.54) is 36.2 Å². The largest absolute Gasteiger partial charge is 0.288 e. The van der Waals surface area contributed by atoms with Crippen molar-refractivity contribution in [3.63, 3.8) is 0 Å². The first-order valence-corrected chi connectivity index (χ1v) is 7.81. The van der Waals surface area contributed by atoms with Gasteiger partial charge in [0.2, 0.25) is 5.78 Å². The normalized spacial score (nSPS) is 15.3. The number of hydrogen-bond donors (Lipinski definition) is 0. The summed E-state index contributed by atoms with van der Waals surface area (Å²) in [4.78, 5) is 13.3. The molecule has 0 spiro atoms. The Bertz CT molecular complexity index is 625. The topological polar surface area (TPSA) is 17.1 Å². The van der Waals surface area contributed by atoms with Gasteiger partial charge < -0.3 is 0 Å². The minimum absolute atomic E-state index is 0.0746. The van der Waals surface area contributed by atoms with E-state index in [1.54, 1.807) is 0 Å². The van der Waals surface area contributed by atoms with E-state index >= 15 is 0 Å². The third-order valence-corrected chi connectivity index (χ3v) is 5.55. The second-order valence-electron chi connectivity index (χ2n) is 5.11. The number of halogens is 1. The molecule has 19 heavy (non-hydrogen) atoms. The lowest BCUT2D eigenvalue weighted by Gasteiger charge is -2.27. The zero-order chi connectivity index (χ0) is 13.4. The zero-order valence-corrected chi connectivity index (χ0v) is 12.4. The van der Waals surface area contributed by atoms with Gasteiger partial charge >= 0.3 is 0 Å². The van der Waals surface area contributed by atoms with Gasteiger partial charge in [0.25, 0.3) is 0 Å². The van der Waals surface area contributed by atoms with Gasteiger partial charge in [-0.15, -0.1) is 11.3 Å². The molecule has 1 saturated carbocycles. The van der Waals surface area contributed by atoms with Gasteiger partial charge in [0.15, 0.2) is 0 Å². The number of aryl methyl sites for hydroxylation is 1. The molecule has 1 aliphatic carbocycles. The van der Waals surface area contributed by atoms with Gasteiger partial charge in [-0.3, -0.25) is 4.79 Å². The minimum Gasteiger partial charge on any atom is -0.288 e. The lowest BCUT2D eigenvalue weighted by atomic mass is 9.77. The van der Waals surface area contributed by atoms with Crippen molar-refractivity contribution >= 4 is 28.7 Å². The summed E-state index contributed by atoms with van der Waals surface area (Å²) in [5, 5.41) is 2.56. The molecule has 1 aromatic heterocycles. The van der Waals surface area contributed by atoms with Gasteiger partial charge in [0.05, 0.1) is 9.90 Å². The number of carbonyl (C=O) groups is 1. The number of ketones is 1. The van der Waals surface area contributed by atoms with E-state index in [2.05, 4.69) is 6.07 Å². The Morgan fingerprint density at radius 2 is 2.05 bits per heavy atom. The van der Waals surface area contributed by atoms with Crippen molar-refractivity contribution in [1.82, 2.24) is 0 Å². The number of rotatable bonds is 3. The van der Waals surface area contributed by atoms with Gasteiger partial charge in [-0.25, -0.2) is 0 Å². The Balaban J connectivity index is 2.02. The van der Waals surface area contributed by atoms with Gasteiger partial charge in [-0.1, -0.05) is 42.3 Å². The highest BCUT2D eigenvalue weighted by molar-refractivity contribution is 7.13. The van der Waals surface area contributed by atoms with Crippen LogP contribution in [0.5, 0.6) is 0 Å². The van der Waals surface area contributed by atoms with Gasteiger partial charge in [-0.05, 0) is 42.2 Å². The first kappa shape index (κ1) is 12.9. The van der Waals surface area contributed by atoms with E-state index in [0.717, 1.165) is 11.1 Å².